The molecule has 0 aromatic heterocycles. The van der Waals surface area contributed by atoms with Crippen molar-refractivity contribution in [2.45, 2.75) is 65.3 Å². The average Bonchev–Trinajstić information content (AvgIpc) is 2.91. The summed E-state index contributed by atoms with van der Waals surface area (Å²) >= 11 is 0. The van der Waals surface area contributed by atoms with Crippen LogP contribution in [0.3, 0.4) is 0 Å². The number of aliphatic imine (C=N–C) groups is 1. The number of hydrogen-bond donors (Lipinski definition) is 1. The molecule has 7 heteroatoms. The van der Waals surface area contributed by atoms with Gasteiger partial charge in [0.25, 0.3) is 0 Å². The van der Waals surface area contributed by atoms with Crippen LogP contribution in [0.2, 0.25) is 0 Å². The molecular weight excluding hydrogens is 482 g/mol. The van der Waals surface area contributed by atoms with Gasteiger partial charge in [-0.1, -0.05) is 55.5 Å². The van der Waals surface area contributed by atoms with E-state index in [1.54, 1.807) is 14.2 Å². The number of allylic oxidation sites excluding steroid dienone is 4. The van der Waals surface area contributed by atoms with Crippen LogP contribution in [0.25, 0.3) is 0 Å². The number of ether oxygens (including phenoxy) is 4. The molecule has 1 aliphatic rings. The second kappa shape index (κ2) is 16.8. The minimum absolute atomic E-state index is 0.0116. The first-order valence-corrected chi connectivity index (χ1v) is 13.1. The van der Waals surface area contributed by atoms with Crippen molar-refractivity contribution in [1.82, 2.24) is 0 Å². The Labute approximate surface area is 227 Å². The monoisotopic (exact) mass is 525 g/mol. The average molecular weight is 526 g/mol. The van der Waals surface area contributed by atoms with Gasteiger partial charge < -0.3 is 24.1 Å². The fourth-order valence-corrected chi connectivity index (χ4v) is 4.32. The summed E-state index contributed by atoms with van der Waals surface area (Å²) in [6, 6.07) is 5.50. The first kappa shape index (κ1) is 31.2. The summed E-state index contributed by atoms with van der Waals surface area (Å²) in [7, 11) is 3.26. The summed E-state index contributed by atoms with van der Waals surface area (Å²) in [4.78, 5) is 16.5. The van der Waals surface area contributed by atoms with Gasteiger partial charge in [0.05, 0.1) is 50.4 Å². The third-order valence-electron chi connectivity index (χ3n) is 6.44. The zero-order chi connectivity index (χ0) is 27.9. The summed E-state index contributed by atoms with van der Waals surface area (Å²) in [5.74, 6) is -0.274. The fraction of sp³-hybridized carbons (Fsp3) is 0.484. The predicted molar refractivity (Wildman–Crippen MR) is 152 cm³/mol. The highest BCUT2D eigenvalue weighted by Crippen LogP contribution is 2.26. The van der Waals surface area contributed by atoms with Crippen molar-refractivity contribution < 1.29 is 28.8 Å². The van der Waals surface area contributed by atoms with Crippen molar-refractivity contribution in [2.75, 3.05) is 27.4 Å². The molecule has 7 nitrogen and oxygen atoms in total. The van der Waals surface area contributed by atoms with E-state index in [4.69, 9.17) is 23.9 Å². The molecule has 38 heavy (non-hydrogen) atoms. The molecule has 1 fully saturated rings. The lowest BCUT2D eigenvalue weighted by molar-refractivity contribution is -0.0456. The Morgan fingerprint density at radius 1 is 1.24 bits per heavy atom. The molecule has 1 aliphatic carbocycles. The van der Waals surface area contributed by atoms with Crippen LogP contribution in [0, 0.1) is 12.8 Å². The summed E-state index contributed by atoms with van der Waals surface area (Å²) in [6.45, 7) is 10.8. The van der Waals surface area contributed by atoms with Crippen LogP contribution < -0.4 is 0 Å². The van der Waals surface area contributed by atoms with Gasteiger partial charge in [-0.2, -0.15) is 0 Å². The van der Waals surface area contributed by atoms with E-state index in [9.17, 15) is 9.90 Å². The molecule has 208 valence electrons. The normalized spacial score (nSPS) is 20.0. The van der Waals surface area contributed by atoms with E-state index < -0.39 is 5.97 Å². The Bertz CT molecular complexity index is 1040. The van der Waals surface area contributed by atoms with Gasteiger partial charge in [-0.15, -0.1) is 6.58 Å². The molecule has 3 unspecified atom stereocenters. The number of aryl methyl sites for hydroxylation is 1. The Hall–Kier alpha value is -3.00. The van der Waals surface area contributed by atoms with Gasteiger partial charge in [0.1, 0.15) is 0 Å². The van der Waals surface area contributed by atoms with Gasteiger partial charge in [-0.05, 0) is 56.6 Å². The largest absolute Gasteiger partial charge is 0.481 e. The zero-order valence-electron chi connectivity index (χ0n) is 23.4. The van der Waals surface area contributed by atoms with E-state index in [0.29, 0.717) is 30.2 Å². The van der Waals surface area contributed by atoms with Crippen LogP contribution in [0.4, 0.5) is 0 Å². The summed E-state index contributed by atoms with van der Waals surface area (Å²) in [6.07, 6.45) is 13.3. The molecule has 0 saturated heterocycles. The van der Waals surface area contributed by atoms with Gasteiger partial charge in [-0.3, -0.25) is 0 Å². The molecule has 0 bridgehead atoms. The third kappa shape index (κ3) is 10.4. The molecule has 1 N–H and O–H groups in total. The molecule has 1 saturated carbocycles. The van der Waals surface area contributed by atoms with Crippen molar-refractivity contribution >= 4 is 11.9 Å². The Morgan fingerprint density at radius 3 is 2.63 bits per heavy atom. The maximum absolute atomic E-state index is 11.7. The van der Waals surface area contributed by atoms with Crippen molar-refractivity contribution in [3.8, 4) is 0 Å². The number of carboxylic acid groups (broad SMARTS) is 1. The van der Waals surface area contributed by atoms with E-state index in [-0.39, 0.29) is 24.7 Å². The van der Waals surface area contributed by atoms with Crippen LogP contribution in [0.1, 0.15) is 61.0 Å². The van der Waals surface area contributed by atoms with Crippen LogP contribution in [0.5, 0.6) is 0 Å². The Balaban J connectivity index is 2.05. The van der Waals surface area contributed by atoms with Crippen LogP contribution in [-0.4, -0.2) is 56.6 Å². The highest BCUT2D eigenvalue weighted by molar-refractivity contribution is 5.93. The number of carboxylic acids is 1. The van der Waals surface area contributed by atoms with E-state index in [1.807, 2.05) is 69.4 Å². The Morgan fingerprint density at radius 2 is 1.97 bits per heavy atom. The molecule has 0 spiro atoms. The molecule has 2 rings (SSSR count). The molecule has 3 atom stereocenters. The molecular formula is C31H43NO6. The number of methoxy groups -OCH3 is 2. The van der Waals surface area contributed by atoms with E-state index in [2.05, 4.69) is 6.58 Å². The number of carbonyl (C=O) groups is 1. The number of nitrogens with zero attached hydrogens (tertiary/aromatic N) is 1. The van der Waals surface area contributed by atoms with E-state index in [0.717, 1.165) is 42.5 Å². The lowest BCUT2D eigenvalue weighted by atomic mass is 9.94. The first-order chi connectivity index (χ1) is 18.3. The van der Waals surface area contributed by atoms with Crippen LogP contribution >= 0.6 is 0 Å². The van der Waals surface area contributed by atoms with Crippen LogP contribution in [0.15, 0.2) is 71.4 Å². The minimum Gasteiger partial charge on any atom is -0.481 e. The summed E-state index contributed by atoms with van der Waals surface area (Å²) in [5.41, 5.74) is 3.43. The number of aromatic carboxylic acids is 1. The minimum atomic E-state index is -0.924. The van der Waals surface area contributed by atoms with Crippen molar-refractivity contribution in [2.24, 2.45) is 10.9 Å². The van der Waals surface area contributed by atoms with Gasteiger partial charge in [0.2, 0.25) is 5.90 Å². The SMILES string of the molecule is C=CC(C)/C=C(COC1CCCC(OCc2cccc(C)c2C(=O)O)C1)/N=C(OC)/C(C)=C/C=C\COC. The molecule has 0 heterocycles. The molecule has 0 amide bonds. The van der Waals surface area contributed by atoms with Gasteiger partial charge in [0, 0.05) is 12.7 Å². The number of hydrogen-bond acceptors (Lipinski definition) is 6. The summed E-state index contributed by atoms with van der Waals surface area (Å²) in [5, 5.41) is 9.59. The lowest BCUT2D eigenvalue weighted by Crippen LogP contribution is -2.29. The molecule has 0 aliphatic heterocycles. The van der Waals surface area contributed by atoms with Crippen molar-refractivity contribution in [1.29, 1.82) is 0 Å². The summed E-state index contributed by atoms with van der Waals surface area (Å²) < 4.78 is 23.1. The number of rotatable bonds is 14. The van der Waals surface area contributed by atoms with Crippen LogP contribution in [-0.2, 0) is 25.6 Å². The second-order valence-corrected chi connectivity index (χ2v) is 9.55. The zero-order valence-corrected chi connectivity index (χ0v) is 23.4. The van der Waals surface area contributed by atoms with Gasteiger partial charge in [-0.25, -0.2) is 9.79 Å². The van der Waals surface area contributed by atoms with Crippen molar-refractivity contribution in [3.05, 3.63) is 83.1 Å². The Kier molecular flexibility index (Phi) is 13.8. The number of benzene rings is 1. The highest BCUT2D eigenvalue weighted by atomic mass is 16.5. The van der Waals surface area contributed by atoms with E-state index >= 15 is 0 Å². The lowest BCUT2D eigenvalue weighted by Gasteiger charge is -2.29. The topological polar surface area (TPSA) is 86.6 Å². The molecule has 0 radical (unpaired) electrons. The molecule has 1 aromatic rings. The predicted octanol–water partition coefficient (Wildman–Crippen LogP) is 6.44. The van der Waals surface area contributed by atoms with Crippen molar-refractivity contribution in [3.63, 3.8) is 0 Å². The smallest absolute Gasteiger partial charge is 0.336 e. The maximum Gasteiger partial charge on any atom is 0.336 e. The van der Waals surface area contributed by atoms with E-state index in [1.165, 1.54) is 0 Å². The maximum atomic E-state index is 11.7. The molecule has 1 aromatic carbocycles. The highest BCUT2D eigenvalue weighted by Gasteiger charge is 2.24. The first-order valence-electron chi connectivity index (χ1n) is 13.1. The standard InChI is InChI=1S/C31H43NO6/c1-7-22(2)18-26(32-30(36-6)24(4)12-8-9-17-35-5)21-38-28-16-11-15-27(19-28)37-20-25-14-10-13-23(3)29(25)31(33)34/h7-10,12-14,18,22,27-28H,1,11,15-17,19-21H2,2-6H3,(H,33,34)/b9-8-,24-12+,26-18+,32-30-. The third-order valence-corrected chi connectivity index (χ3v) is 6.44. The second-order valence-electron chi connectivity index (χ2n) is 9.55. The van der Waals surface area contributed by atoms with Gasteiger partial charge in [0.15, 0.2) is 0 Å². The quantitative estimate of drug-likeness (QED) is 0.130. The van der Waals surface area contributed by atoms with Gasteiger partial charge >= 0.3 is 5.97 Å². The fourth-order valence-electron chi connectivity index (χ4n) is 4.32.